The van der Waals surface area contributed by atoms with Gasteiger partial charge in [-0.3, -0.25) is 9.69 Å². The number of aliphatic hydroxyl groups is 3. The molecule has 5 aliphatic rings. The average Bonchev–Trinajstić information content (AvgIpc) is 2.61. The van der Waals surface area contributed by atoms with Crippen LogP contribution in [0, 0.1) is 23.2 Å². The molecular weight excluding hydrogens is 346 g/mol. The number of likely N-dealkylation sites (tertiary alicyclic amines) is 1. The molecular formula is C21H35NO5. The molecule has 0 aromatic heterocycles. The summed E-state index contributed by atoms with van der Waals surface area (Å²) in [5.74, 6) is 2.28. The second kappa shape index (κ2) is 8.07. The van der Waals surface area contributed by atoms with Crippen molar-refractivity contribution in [3.05, 3.63) is 0 Å². The van der Waals surface area contributed by atoms with E-state index in [1.165, 1.54) is 38.5 Å². The van der Waals surface area contributed by atoms with Gasteiger partial charge in [0.2, 0.25) is 0 Å². The number of unbranched alkanes of at least 4 members (excludes halogenated alkanes) is 1. The van der Waals surface area contributed by atoms with Gasteiger partial charge in [0.1, 0.15) is 12.2 Å². The molecule has 1 saturated heterocycles. The molecule has 1 unspecified atom stereocenters. The first-order valence-corrected chi connectivity index (χ1v) is 10.8. The van der Waals surface area contributed by atoms with Crippen LogP contribution >= 0.6 is 0 Å². The molecule has 0 radical (unpaired) electrons. The summed E-state index contributed by atoms with van der Waals surface area (Å²) in [6, 6.07) is -0.603. The molecule has 3 N–H and O–H groups in total. The highest BCUT2D eigenvalue weighted by Crippen LogP contribution is 2.60. The Morgan fingerprint density at radius 2 is 1.67 bits per heavy atom. The fourth-order valence-electron chi connectivity index (χ4n) is 6.78. The minimum absolute atomic E-state index is 0.190. The molecule has 0 spiro atoms. The minimum atomic E-state index is -1.30. The van der Waals surface area contributed by atoms with Crippen molar-refractivity contribution in [3.8, 4) is 0 Å². The van der Waals surface area contributed by atoms with E-state index < -0.39 is 24.0 Å². The molecule has 1 heterocycles. The number of ether oxygens (including phenoxy) is 1. The Bertz CT molecular complexity index is 503. The zero-order valence-corrected chi connectivity index (χ0v) is 16.3. The Kier molecular flexibility index (Phi) is 5.91. The van der Waals surface area contributed by atoms with Crippen molar-refractivity contribution in [1.82, 2.24) is 4.90 Å². The third-order valence-corrected chi connectivity index (χ3v) is 7.61. The van der Waals surface area contributed by atoms with E-state index in [4.69, 9.17) is 4.74 Å². The van der Waals surface area contributed by atoms with Crippen molar-refractivity contribution in [2.24, 2.45) is 23.2 Å². The number of β-amino-alcohol motifs (C(OH)–C–C–N with tert-alkyl or cyclic N) is 1. The van der Waals surface area contributed by atoms with Crippen LogP contribution in [-0.2, 0) is 9.53 Å². The zero-order chi connectivity index (χ0) is 19.0. The molecule has 0 aromatic rings. The Morgan fingerprint density at radius 3 is 2.26 bits per heavy atom. The summed E-state index contributed by atoms with van der Waals surface area (Å²) < 4.78 is 6.10. The van der Waals surface area contributed by atoms with Crippen molar-refractivity contribution < 1.29 is 24.9 Å². The molecule has 1 aliphatic heterocycles. The van der Waals surface area contributed by atoms with Crippen LogP contribution in [0.5, 0.6) is 0 Å². The third-order valence-electron chi connectivity index (χ3n) is 7.61. The van der Waals surface area contributed by atoms with Crippen LogP contribution in [0.1, 0.15) is 51.4 Å². The zero-order valence-electron chi connectivity index (χ0n) is 16.3. The molecule has 6 nitrogen and oxygen atoms in total. The number of carbonyl (C=O) groups excluding carboxylic acids is 1. The topological polar surface area (TPSA) is 90.2 Å². The lowest BCUT2D eigenvalue weighted by atomic mass is 9.50. The summed E-state index contributed by atoms with van der Waals surface area (Å²) in [4.78, 5) is 13.5. The molecule has 4 aliphatic carbocycles. The summed E-state index contributed by atoms with van der Waals surface area (Å²) in [5, 5.41) is 29.2. The van der Waals surface area contributed by atoms with Crippen LogP contribution in [0.3, 0.4) is 0 Å². The highest BCUT2D eigenvalue weighted by molar-refractivity contribution is 5.88. The van der Waals surface area contributed by atoms with Crippen molar-refractivity contribution in [2.45, 2.75) is 69.6 Å². The Morgan fingerprint density at radius 1 is 1.04 bits per heavy atom. The number of hydrogen-bond acceptors (Lipinski definition) is 6. The number of rotatable bonds is 8. The quantitative estimate of drug-likeness (QED) is 0.543. The number of nitrogens with zero attached hydrogens (tertiary/aromatic N) is 1. The van der Waals surface area contributed by atoms with E-state index in [-0.39, 0.29) is 13.2 Å². The van der Waals surface area contributed by atoms with E-state index in [9.17, 15) is 20.1 Å². The van der Waals surface area contributed by atoms with Gasteiger partial charge in [0.25, 0.3) is 0 Å². The predicted octanol–water partition coefficient (Wildman–Crippen LogP) is 0.967. The molecule has 4 saturated carbocycles. The fourth-order valence-corrected chi connectivity index (χ4v) is 6.78. The lowest BCUT2D eigenvalue weighted by Gasteiger charge is -2.56. The maximum absolute atomic E-state index is 11.7. The highest BCUT2D eigenvalue weighted by atomic mass is 16.5. The van der Waals surface area contributed by atoms with Gasteiger partial charge in [0.15, 0.2) is 5.78 Å². The van der Waals surface area contributed by atoms with Crippen LogP contribution in [0.4, 0.5) is 0 Å². The van der Waals surface area contributed by atoms with E-state index in [2.05, 4.69) is 0 Å². The summed E-state index contributed by atoms with van der Waals surface area (Å²) in [6.45, 7) is 2.21. The lowest BCUT2D eigenvalue weighted by molar-refractivity contribution is -0.150. The van der Waals surface area contributed by atoms with E-state index in [0.29, 0.717) is 12.0 Å². The lowest BCUT2D eigenvalue weighted by Crippen LogP contribution is -2.60. The first-order chi connectivity index (χ1) is 13.0. The highest BCUT2D eigenvalue weighted by Gasteiger charge is 2.50. The molecule has 27 heavy (non-hydrogen) atoms. The second-order valence-electron chi connectivity index (χ2n) is 9.79. The monoisotopic (exact) mass is 381 g/mol. The van der Waals surface area contributed by atoms with Gasteiger partial charge in [-0.1, -0.05) is 0 Å². The Labute approximate surface area is 161 Å². The van der Waals surface area contributed by atoms with Gasteiger partial charge in [0, 0.05) is 13.2 Å². The third kappa shape index (κ3) is 4.10. The van der Waals surface area contributed by atoms with Crippen molar-refractivity contribution in [2.75, 3.05) is 32.9 Å². The number of carbonyl (C=O) groups is 1. The number of piperidine rings is 1. The van der Waals surface area contributed by atoms with Crippen LogP contribution < -0.4 is 0 Å². The van der Waals surface area contributed by atoms with Gasteiger partial charge < -0.3 is 20.1 Å². The Hall–Kier alpha value is -0.530. The first-order valence-electron chi connectivity index (χ1n) is 10.8. The molecule has 154 valence electrons. The molecule has 3 atom stereocenters. The first kappa shape index (κ1) is 19.8. The summed E-state index contributed by atoms with van der Waals surface area (Å²) >= 11 is 0. The molecule has 6 heteroatoms. The van der Waals surface area contributed by atoms with E-state index in [0.717, 1.165) is 43.8 Å². The van der Waals surface area contributed by atoms with Crippen LogP contribution in [0.2, 0.25) is 0 Å². The molecule has 5 rings (SSSR count). The Balaban J connectivity index is 1.16. The minimum Gasteiger partial charge on any atom is -0.395 e. The van der Waals surface area contributed by atoms with Crippen LogP contribution in [0.15, 0.2) is 0 Å². The largest absolute Gasteiger partial charge is 0.395 e. The van der Waals surface area contributed by atoms with E-state index >= 15 is 0 Å². The summed E-state index contributed by atoms with van der Waals surface area (Å²) in [7, 11) is 0. The van der Waals surface area contributed by atoms with Gasteiger partial charge in [-0.15, -0.1) is 0 Å². The van der Waals surface area contributed by atoms with Crippen LogP contribution in [-0.4, -0.2) is 77.2 Å². The SMILES string of the molecule is O=C1[C@@H](O)CN(CCCCOCC23CC4CC(CC(C4)C2)C3)C(CO)[C@H]1O. The van der Waals surface area contributed by atoms with Crippen molar-refractivity contribution in [1.29, 1.82) is 0 Å². The predicted molar refractivity (Wildman–Crippen MR) is 100 cm³/mol. The number of aliphatic hydroxyl groups excluding tert-OH is 3. The van der Waals surface area contributed by atoms with E-state index in [1.54, 1.807) is 0 Å². The summed E-state index contributed by atoms with van der Waals surface area (Å²) in [5.41, 5.74) is 0.457. The number of Topliss-reactive ketones (excluding diaryl/α,β-unsaturated/α-hetero) is 1. The standard InChI is InChI=1S/C21H35NO5/c23-12-17-19(25)20(26)18(24)11-22(17)3-1-2-4-27-13-21-8-14-5-15(9-21)7-16(6-14)10-21/h14-19,23-25H,1-13H2/t14?,15?,16?,17?,18-,19+,21?/m0/s1. The molecule has 0 aromatic carbocycles. The van der Waals surface area contributed by atoms with Gasteiger partial charge in [0.05, 0.1) is 19.3 Å². The molecule has 0 amide bonds. The van der Waals surface area contributed by atoms with Gasteiger partial charge in [-0.25, -0.2) is 0 Å². The van der Waals surface area contributed by atoms with Gasteiger partial charge in [-0.05, 0) is 81.1 Å². The number of hydrogen-bond donors (Lipinski definition) is 3. The maximum Gasteiger partial charge on any atom is 0.192 e. The van der Waals surface area contributed by atoms with E-state index in [1.807, 2.05) is 4.90 Å². The number of ketones is 1. The maximum atomic E-state index is 11.7. The van der Waals surface area contributed by atoms with Crippen LogP contribution in [0.25, 0.3) is 0 Å². The van der Waals surface area contributed by atoms with Gasteiger partial charge in [-0.2, -0.15) is 0 Å². The second-order valence-corrected chi connectivity index (χ2v) is 9.79. The smallest absolute Gasteiger partial charge is 0.192 e. The fraction of sp³-hybridized carbons (Fsp3) is 0.952. The molecule has 5 fully saturated rings. The van der Waals surface area contributed by atoms with Crippen molar-refractivity contribution in [3.63, 3.8) is 0 Å². The van der Waals surface area contributed by atoms with Crippen molar-refractivity contribution >= 4 is 5.78 Å². The normalized spacial score (nSPS) is 44.2. The van der Waals surface area contributed by atoms with Gasteiger partial charge >= 0.3 is 0 Å². The average molecular weight is 382 g/mol. The summed E-state index contributed by atoms with van der Waals surface area (Å²) in [6.07, 6.45) is 7.82. The molecule has 4 bridgehead atoms.